The summed E-state index contributed by atoms with van der Waals surface area (Å²) in [6.07, 6.45) is 0. The number of amides is 2. The van der Waals surface area contributed by atoms with E-state index in [9.17, 15) is 9.59 Å². The van der Waals surface area contributed by atoms with Gasteiger partial charge in [-0.15, -0.1) is 0 Å². The van der Waals surface area contributed by atoms with Gasteiger partial charge in [0.15, 0.2) is 0 Å². The molecule has 0 saturated carbocycles. The number of nitrogens with one attached hydrogen (secondary N) is 2. The number of carbonyl (C=O) groups is 2. The highest BCUT2D eigenvalue weighted by Crippen LogP contribution is 2.08. The van der Waals surface area contributed by atoms with E-state index in [2.05, 4.69) is 10.6 Å². The average Bonchev–Trinajstić information content (AvgIpc) is 2.36. The summed E-state index contributed by atoms with van der Waals surface area (Å²) < 4.78 is 0. The molecule has 0 fully saturated rings. The first-order valence-electron chi connectivity index (χ1n) is 5.50. The molecule has 5 heteroatoms. The summed E-state index contributed by atoms with van der Waals surface area (Å²) in [7, 11) is 0. The van der Waals surface area contributed by atoms with E-state index in [1.807, 2.05) is 25.1 Å². The van der Waals surface area contributed by atoms with Crippen molar-refractivity contribution in [1.29, 1.82) is 0 Å². The van der Waals surface area contributed by atoms with Gasteiger partial charge in [-0.3, -0.25) is 9.59 Å². The summed E-state index contributed by atoms with van der Waals surface area (Å²) in [5.74, 6) is -0.580. The second-order valence-electron chi connectivity index (χ2n) is 3.56. The summed E-state index contributed by atoms with van der Waals surface area (Å²) >= 11 is 0. The van der Waals surface area contributed by atoms with E-state index >= 15 is 0 Å². The summed E-state index contributed by atoms with van der Waals surface area (Å²) in [5, 5.41) is 5.07. The van der Waals surface area contributed by atoms with Crippen LogP contribution in [0.1, 0.15) is 18.5 Å². The molecule has 0 bridgehead atoms. The lowest BCUT2D eigenvalue weighted by Crippen LogP contribution is -2.40. The lowest BCUT2D eigenvalue weighted by atomic mass is 10.1. The van der Waals surface area contributed by atoms with Gasteiger partial charge in [0.1, 0.15) is 6.04 Å². The van der Waals surface area contributed by atoms with Crippen LogP contribution in [-0.4, -0.2) is 24.9 Å². The van der Waals surface area contributed by atoms with Gasteiger partial charge in [-0.1, -0.05) is 30.3 Å². The second-order valence-corrected chi connectivity index (χ2v) is 3.56. The first-order chi connectivity index (χ1) is 8.15. The van der Waals surface area contributed by atoms with Gasteiger partial charge in [-0.2, -0.15) is 0 Å². The molecule has 1 atom stereocenters. The molecule has 0 saturated heterocycles. The smallest absolute Gasteiger partial charge is 0.241 e. The number of carbonyl (C=O) groups excluding carboxylic acids is 2. The molecule has 92 valence electrons. The highest BCUT2D eigenvalue weighted by atomic mass is 16.2. The molecule has 17 heavy (non-hydrogen) atoms. The predicted octanol–water partition coefficient (Wildman–Crippen LogP) is -0.0613. The Morgan fingerprint density at radius 3 is 2.47 bits per heavy atom. The van der Waals surface area contributed by atoms with Crippen LogP contribution in [0.25, 0.3) is 0 Å². The minimum Gasteiger partial charge on any atom is -0.355 e. The molecule has 0 aliphatic carbocycles. The number of likely N-dealkylation sites (N-methyl/N-ethyl adjacent to an activating group) is 1. The molecule has 4 N–H and O–H groups in total. The topological polar surface area (TPSA) is 84.2 Å². The Morgan fingerprint density at radius 1 is 1.24 bits per heavy atom. The van der Waals surface area contributed by atoms with E-state index < -0.39 is 6.04 Å². The van der Waals surface area contributed by atoms with Crippen LogP contribution >= 0.6 is 0 Å². The highest BCUT2D eigenvalue weighted by molar-refractivity contribution is 5.87. The highest BCUT2D eigenvalue weighted by Gasteiger charge is 2.15. The number of hydrogen-bond acceptors (Lipinski definition) is 3. The molecule has 0 aliphatic heterocycles. The normalized spacial score (nSPS) is 11.6. The van der Waals surface area contributed by atoms with Crippen LogP contribution in [0.15, 0.2) is 30.3 Å². The number of nitrogens with two attached hydrogens (primary N) is 1. The first-order valence-corrected chi connectivity index (χ1v) is 5.50. The van der Waals surface area contributed by atoms with Crippen LogP contribution < -0.4 is 16.4 Å². The van der Waals surface area contributed by atoms with Gasteiger partial charge in [-0.25, -0.2) is 0 Å². The Hall–Kier alpha value is -1.88. The van der Waals surface area contributed by atoms with E-state index in [1.54, 1.807) is 12.1 Å². The largest absolute Gasteiger partial charge is 0.355 e. The van der Waals surface area contributed by atoms with Crippen LogP contribution in [0.3, 0.4) is 0 Å². The molecule has 0 spiro atoms. The molecular formula is C12H17N3O2. The first kappa shape index (κ1) is 13.2. The van der Waals surface area contributed by atoms with Gasteiger partial charge in [-0.05, 0) is 12.5 Å². The lowest BCUT2D eigenvalue weighted by Gasteiger charge is -2.12. The maximum Gasteiger partial charge on any atom is 0.241 e. The third-order valence-corrected chi connectivity index (χ3v) is 2.24. The van der Waals surface area contributed by atoms with Gasteiger partial charge in [0.25, 0.3) is 0 Å². The van der Waals surface area contributed by atoms with Gasteiger partial charge in [0, 0.05) is 6.54 Å². The maximum absolute atomic E-state index is 11.6. The van der Waals surface area contributed by atoms with E-state index in [0.717, 1.165) is 5.56 Å². The summed E-state index contributed by atoms with van der Waals surface area (Å²) in [6.45, 7) is 2.31. The third kappa shape index (κ3) is 4.24. The van der Waals surface area contributed by atoms with E-state index in [-0.39, 0.29) is 18.4 Å². The monoisotopic (exact) mass is 235 g/mol. The van der Waals surface area contributed by atoms with Crippen molar-refractivity contribution < 1.29 is 9.59 Å². The average molecular weight is 235 g/mol. The van der Waals surface area contributed by atoms with E-state index in [0.29, 0.717) is 6.54 Å². The molecule has 1 aromatic carbocycles. The zero-order valence-corrected chi connectivity index (χ0v) is 9.77. The minimum atomic E-state index is -0.745. The van der Waals surface area contributed by atoms with Crippen molar-refractivity contribution in [3.63, 3.8) is 0 Å². The number of rotatable bonds is 5. The van der Waals surface area contributed by atoms with Crippen LogP contribution in [-0.2, 0) is 9.59 Å². The van der Waals surface area contributed by atoms with Crippen LogP contribution in [0.4, 0.5) is 0 Å². The van der Waals surface area contributed by atoms with Gasteiger partial charge < -0.3 is 16.4 Å². The fourth-order valence-corrected chi connectivity index (χ4v) is 1.35. The van der Waals surface area contributed by atoms with Crippen molar-refractivity contribution in [3.05, 3.63) is 35.9 Å². The molecule has 1 rings (SSSR count). The third-order valence-electron chi connectivity index (χ3n) is 2.24. The molecule has 0 aromatic heterocycles. The van der Waals surface area contributed by atoms with Crippen molar-refractivity contribution in [1.82, 2.24) is 10.6 Å². The standard InChI is InChI=1S/C12H17N3O2/c1-2-14-10(16)8-15-12(17)11(13)9-6-4-3-5-7-9/h3-7,11H,2,8,13H2,1H3,(H,14,16)(H,15,17)/t11-/m0/s1. The Kier molecular flexibility index (Phi) is 5.16. The van der Waals surface area contributed by atoms with E-state index in [1.165, 1.54) is 0 Å². The zero-order valence-electron chi connectivity index (χ0n) is 9.77. The van der Waals surface area contributed by atoms with Crippen LogP contribution in [0.5, 0.6) is 0 Å². The predicted molar refractivity (Wildman–Crippen MR) is 65.1 cm³/mol. The Balaban J connectivity index is 2.45. The summed E-state index contributed by atoms with van der Waals surface area (Å²) in [4.78, 5) is 22.8. The van der Waals surface area contributed by atoms with E-state index in [4.69, 9.17) is 5.73 Å². The van der Waals surface area contributed by atoms with Crippen LogP contribution in [0, 0.1) is 0 Å². The Morgan fingerprint density at radius 2 is 1.88 bits per heavy atom. The summed E-state index contributed by atoms with van der Waals surface area (Å²) in [5.41, 5.74) is 6.48. The lowest BCUT2D eigenvalue weighted by molar-refractivity contribution is -0.126. The second kappa shape index (κ2) is 6.65. The Labute approximate surface area is 100 Å². The van der Waals surface area contributed by atoms with Crippen molar-refractivity contribution in [2.45, 2.75) is 13.0 Å². The van der Waals surface area contributed by atoms with Crippen molar-refractivity contribution in [2.24, 2.45) is 5.73 Å². The minimum absolute atomic E-state index is 0.0484. The van der Waals surface area contributed by atoms with Crippen LogP contribution in [0.2, 0.25) is 0 Å². The van der Waals surface area contributed by atoms with Gasteiger partial charge in [0.05, 0.1) is 6.54 Å². The summed E-state index contributed by atoms with van der Waals surface area (Å²) in [6, 6.07) is 8.28. The fourth-order valence-electron chi connectivity index (χ4n) is 1.35. The van der Waals surface area contributed by atoms with Crippen molar-refractivity contribution >= 4 is 11.8 Å². The maximum atomic E-state index is 11.6. The zero-order chi connectivity index (χ0) is 12.7. The Bertz CT molecular complexity index is 379. The quantitative estimate of drug-likeness (QED) is 0.668. The molecule has 0 radical (unpaired) electrons. The van der Waals surface area contributed by atoms with Gasteiger partial charge >= 0.3 is 0 Å². The molecule has 2 amide bonds. The molecule has 1 aromatic rings. The van der Waals surface area contributed by atoms with Gasteiger partial charge in [0.2, 0.25) is 11.8 Å². The molecule has 0 heterocycles. The molecular weight excluding hydrogens is 218 g/mol. The van der Waals surface area contributed by atoms with Crippen molar-refractivity contribution in [2.75, 3.05) is 13.1 Å². The number of hydrogen-bond donors (Lipinski definition) is 3. The fraction of sp³-hybridized carbons (Fsp3) is 0.333. The SMILES string of the molecule is CCNC(=O)CNC(=O)[C@@H](N)c1ccccc1. The molecule has 5 nitrogen and oxygen atoms in total. The molecule has 0 aliphatic rings. The van der Waals surface area contributed by atoms with Crippen molar-refractivity contribution in [3.8, 4) is 0 Å². The molecule has 0 unspecified atom stereocenters. The number of benzene rings is 1.